The van der Waals surface area contributed by atoms with Gasteiger partial charge in [0.15, 0.2) is 6.61 Å². The van der Waals surface area contributed by atoms with Crippen LogP contribution in [0.25, 0.3) is 0 Å². The van der Waals surface area contributed by atoms with E-state index in [1.165, 1.54) is 0 Å². The van der Waals surface area contributed by atoms with Crippen LogP contribution in [0.15, 0.2) is 30.3 Å². The van der Waals surface area contributed by atoms with E-state index in [-0.39, 0.29) is 24.5 Å². The van der Waals surface area contributed by atoms with E-state index in [0.717, 1.165) is 0 Å². The van der Waals surface area contributed by atoms with Gasteiger partial charge in [-0.05, 0) is 12.1 Å². The molecule has 2 amide bonds. The van der Waals surface area contributed by atoms with Crippen LogP contribution >= 0.6 is 0 Å². The van der Waals surface area contributed by atoms with E-state index in [1.54, 1.807) is 24.3 Å². The zero-order valence-corrected chi connectivity index (χ0v) is 9.98. The lowest BCUT2D eigenvalue weighted by Crippen LogP contribution is -2.24. The first-order valence-corrected chi connectivity index (χ1v) is 5.45. The lowest BCUT2D eigenvalue weighted by molar-refractivity contribution is -0.171. The Labute approximate surface area is 109 Å². The van der Waals surface area contributed by atoms with Gasteiger partial charge in [-0.25, -0.2) is 4.79 Å². The highest BCUT2D eigenvalue weighted by molar-refractivity contribution is 6.00. The summed E-state index contributed by atoms with van der Waals surface area (Å²) in [5, 5.41) is 16.8. The molecule has 1 aromatic carbocycles. The van der Waals surface area contributed by atoms with E-state index >= 15 is 0 Å². The summed E-state index contributed by atoms with van der Waals surface area (Å²) in [5.74, 6) is -1.39. The number of carbonyl (C=O) groups excluding carboxylic acids is 2. The van der Waals surface area contributed by atoms with Crippen molar-refractivity contribution in [2.45, 2.75) is 12.8 Å². The quantitative estimate of drug-likeness (QED) is 0.616. The molecule has 0 spiro atoms. The predicted octanol–water partition coefficient (Wildman–Crippen LogP) is 0.675. The number of benzene rings is 1. The first-order chi connectivity index (χ1) is 9.00. The van der Waals surface area contributed by atoms with E-state index < -0.39 is 17.8 Å². The molecule has 0 saturated carbocycles. The van der Waals surface area contributed by atoms with Gasteiger partial charge < -0.3 is 9.84 Å². The fourth-order valence-electron chi connectivity index (χ4n) is 1.23. The van der Waals surface area contributed by atoms with Gasteiger partial charge in [0.2, 0.25) is 0 Å². The lowest BCUT2D eigenvalue weighted by atomic mass is 10.3. The third-order valence-electron chi connectivity index (χ3n) is 2.13. The number of hydroxylamine groups is 2. The maximum Gasteiger partial charge on any atom is 0.341 e. The van der Waals surface area contributed by atoms with Crippen LogP contribution in [0.2, 0.25) is 0 Å². The molecule has 19 heavy (non-hydrogen) atoms. The number of aliphatic carboxylic acids is 1. The van der Waals surface area contributed by atoms with E-state index in [4.69, 9.17) is 15.1 Å². The second-order valence-corrected chi connectivity index (χ2v) is 3.59. The van der Waals surface area contributed by atoms with E-state index in [2.05, 4.69) is 0 Å². The van der Waals surface area contributed by atoms with Gasteiger partial charge in [0.1, 0.15) is 5.75 Å². The first kappa shape index (κ1) is 14.7. The summed E-state index contributed by atoms with van der Waals surface area (Å²) in [6, 6.07) is 8.84. The van der Waals surface area contributed by atoms with Crippen molar-refractivity contribution >= 4 is 17.8 Å². The highest BCUT2D eigenvalue weighted by Crippen LogP contribution is 2.07. The van der Waals surface area contributed by atoms with Crippen molar-refractivity contribution in [2.24, 2.45) is 0 Å². The normalized spacial score (nSPS) is 13.8. The zero-order chi connectivity index (χ0) is 14.3. The third kappa shape index (κ3) is 5.17. The van der Waals surface area contributed by atoms with Crippen molar-refractivity contribution in [3.8, 4) is 5.75 Å². The van der Waals surface area contributed by atoms with Gasteiger partial charge in [0.25, 0.3) is 11.8 Å². The average molecular weight is 267 g/mol. The SMILES string of the molecule is O=C(O)COc1ccccc1.O=C1CCC(=O)N1O. The summed E-state index contributed by atoms with van der Waals surface area (Å²) < 4.78 is 4.87. The van der Waals surface area contributed by atoms with Gasteiger partial charge in [-0.1, -0.05) is 18.2 Å². The summed E-state index contributed by atoms with van der Waals surface area (Å²) in [7, 11) is 0. The molecule has 1 saturated heterocycles. The molecule has 1 aliphatic heterocycles. The minimum atomic E-state index is -0.964. The number of carboxylic acid groups (broad SMARTS) is 1. The van der Waals surface area contributed by atoms with E-state index in [0.29, 0.717) is 5.75 Å². The lowest BCUT2D eigenvalue weighted by Gasteiger charge is -2.00. The minimum Gasteiger partial charge on any atom is -0.482 e. The molecule has 102 valence electrons. The zero-order valence-electron chi connectivity index (χ0n) is 9.98. The molecule has 2 N–H and O–H groups in total. The molecule has 1 aromatic rings. The van der Waals surface area contributed by atoms with Crippen molar-refractivity contribution < 1.29 is 29.4 Å². The summed E-state index contributed by atoms with van der Waals surface area (Å²) >= 11 is 0. The number of nitrogens with zero attached hydrogens (tertiary/aromatic N) is 1. The van der Waals surface area contributed by atoms with Crippen molar-refractivity contribution in [3.05, 3.63) is 30.3 Å². The molecule has 0 atom stereocenters. The number of amides is 2. The van der Waals surface area contributed by atoms with Crippen molar-refractivity contribution in [1.29, 1.82) is 0 Å². The van der Waals surface area contributed by atoms with Gasteiger partial charge in [0, 0.05) is 12.8 Å². The van der Waals surface area contributed by atoms with Gasteiger partial charge in [-0.3, -0.25) is 14.8 Å². The van der Waals surface area contributed by atoms with Crippen molar-refractivity contribution in [2.75, 3.05) is 6.61 Å². The van der Waals surface area contributed by atoms with Crippen LogP contribution in [0.3, 0.4) is 0 Å². The van der Waals surface area contributed by atoms with Crippen molar-refractivity contribution in [1.82, 2.24) is 5.06 Å². The fourth-order valence-corrected chi connectivity index (χ4v) is 1.23. The van der Waals surface area contributed by atoms with Gasteiger partial charge >= 0.3 is 5.97 Å². The smallest absolute Gasteiger partial charge is 0.341 e. The summed E-state index contributed by atoms with van der Waals surface area (Å²) in [6.45, 7) is -0.288. The second-order valence-electron chi connectivity index (χ2n) is 3.59. The Kier molecular flexibility index (Phi) is 5.49. The van der Waals surface area contributed by atoms with Gasteiger partial charge in [0.05, 0.1) is 0 Å². The minimum absolute atomic E-state index is 0.148. The van der Waals surface area contributed by atoms with Crippen LogP contribution in [0.5, 0.6) is 5.75 Å². The molecule has 0 aromatic heterocycles. The largest absolute Gasteiger partial charge is 0.482 e. The van der Waals surface area contributed by atoms with E-state index in [9.17, 15) is 14.4 Å². The maximum absolute atomic E-state index is 10.2. The Balaban J connectivity index is 0.000000200. The number of carbonyl (C=O) groups is 3. The molecule has 7 heteroatoms. The van der Waals surface area contributed by atoms with E-state index in [1.807, 2.05) is 6.07 Å². The summed E-state index contributed by atoms with van der Waals surface area (Å²) in [5.41, 5.74) is 0. The standard InChI is InChI=1S/C8H8O3.C4H5NO3/c9-8(10)6-11-7-4-2-1-3-5-7;6-3-1-2-4(7)5(3)8/h1-5H,6H2,(H,9,10);8H,1-2H2. The molecule has 0 bridgehead atoms. The molecular weight excluding hydrogens is 254 g/mol. The van der Waals surface area contributed by atoms with Crippen LogP contribution in [0, 0.1) is 0 Å². The van der Waals surface area contributed by atoms with Crippen LogP contribution in [-0.2, 0) is 14.4 Å². The number of imide groups is 1. The van der Waals surface area contributed by atoms with Crippen LogP contribution in [0.4, 0.5) is 0 Å². The molecule has 1 aliphatic rings. The number of para-hydroxylation sites is 1. The third-order valence-corrected chi connectivity index (χ3v) is 2.13. The fraction of sp³-hybridized carbons (Fsp3) is 0.250. The Morgan fingerprint density at radius 3 is 2.05 bits per heavy atom. The Morgan fingerprint density at radius 1 is 1.16 bits per heavy atom. The molecule has 0 aliphatic carbocycles. The molecule has 1 fully saturated rings. The number of hydrogen-bond donors (Lipinski definition) is 2. The Hall–Kier alpha value is -2.41. The first-order valence-electron chi connectivity index (χ1n) is 5.45. The molecule has 0 radical (unpaired) electrons. The Bertz CT molecular complexity index is 443. The molecule has 1 heterocycles. The van der Waals surface area contributed by atoms with Gasteiger partial charge in [-0.2, -0.15) is 5.06 Å². The number of carboxylic acids is 1. The average Bonchev–Trinajstić information content (AvgIpc) is 2.70. The van der Waals surface area contributed by atoms with Gasteiger partial charge in [-0.15, -0.1) is 0 Å². The monoisotopic (exact) mass is 267 g/mol. The predicted molar refractivity (Wildman–Crippen MR) is 62.4 cm³/mol. The van der Waals surface area contributed by atoms with Crippen LogP contribution in [0.1, 0.15) is 12.8 Å². The Morgan fingerprint density at radius 2 is 1.68 bits per heavy atom. The number of rotatable bonds is 3. The van der Waals surface area contributed by atoms with Crippen LogP contribution < -0.4 is 4.74 Å². The molecule has 2 rings (SSSR count). The number of ether oxygens (including phenoxy) is 1. The second kappa shape index (κ2) is 7.12. The molecular formula is C12H13NO6. The summed E-state index contributed by atoms with van der Waals surface area (Å²) in [6.07, 6.45) is 0.296. The van der Waals surface area contributed by atoms with Crippen molar-refractivity contribution in [3.63, 3.8) is 0 Å². The highest BCUT2D eigenvalue weighted by Gasteiger charge is 2.26. The molecule has 0 unspecified atom stereocenters. The number of hydrogen-bond acceptors (Lipinski definition) is 5. The maximum atomic E-state index is 10.2. The van der Waals surface area contributed by atoms with Crippen LogP contribution in [-0.4, -0.2) is 39.8 Å². The molecule has 7 nitrogen and oxygen atoms in total. The summed E-state index contributed by atoms with van der Waals surface area (Å²) in [4.78, 5) is 30.5. The topological polar surface area (TPSA) is 104 Å². The highest BCUT2D eigenvalue weighted by atomic mass is 16.5.